The molecule has 0 unspecified atom stereocenters. The quantitative estimate of drug-likeness (QED) is 0.572. The third kappa shape index (κ3) is 5.35. The Balaban J connectivity index is 1.46. The molecule has 1 aliphatic rings. The Kier molecular flexibility index (Phi) is 6.42. The number of benzene rings is 1. The van der Waals surface area contributed by atoms with E-state index < -0.39 is 0 Å². The second kappa shape index (κ2) is 9.39. The maximum absolute atomic E-state index is 12.7. The lowest BCUT2D eigenvalue weighted by molar-refractivity contribution is -0.127. The van der Waals surface area contributed by atoms with Crippen LogP contribution in [0.3, 0.4) is 0 Å². The van der Waals surface area contributed by atoms with Gasteiger partial charge in [0, 0.05) is 36.0 Å². The van der Waals surface area contributed by atoms with Gasteiger partial charge in [0.05, 0.1) is 11.4 Å². The summed E-state index contributed by atoms with van der Waals surface area (Å²) in [5.41, 5.74) is 3.03. The Morgan fingerprint density at radius 3 is 2.71 bits per heavy atom. The molecule has 0 radical (unpaired) electrons. The molecule has 3 heterocycles. The number of aromatic nitrogens is 3. The van der Waals surface area contributed by atoms with Crippen molar-refractivity contribution in [2.24, 2.45) is 0 Å². The topological polar surface area (TPSA) is 71.0 Å². The highest BCUT2D eigenvalue weighted by atomic mass is 32.1. The zero-order valence-electron chi connectivity index (χ0n) is 18.1. The van der Waals surface area contributed by atoms with Crippen LogP contribution in [0.5, 0.6) is 0 Å². The Morgan fingerprint density at radius 1 is 1.16 bits per heavy atom. The average molecular weight is 434 g/mol. The SMILES string of the molecule is Cc1nc(Nc2nc(C)c(C)s2)cc([C@@H]2CCCN(C(=O)/C=C/c3ccccc3)C2)n1. The fourth-order valence-corrected chi connectivity index (χ4v) is 4.58. The molecule has 3 aromatic rings. The first kappa shape index (κ1) is 21.2. The number of hydrogen-bond donors (Lipinski definition) is 1. The van der Waals surface area contributed by atoms with Crippen LogP contribution >= 0.6 is 11.3 Å². The van der Waals surface area contributed by atoms with Crippen LogP contribution in [-0.2, 0) is 4.79 Å². The van der Waals surface area contributed by atoms with Gasteiger partial charge in [0.2, 0.25) is 5.91 Å². The van der Waals surface area contributed by atoms with Gasteiger partial charge in [-0.05, 0) is 45.3 Å². The minimum Gasteiger partial charge on any atom is -0.338 e. The molecule has 1 saturated heterocycles. The lowest BCUT2D eigenvalue weighted by Gasteiger charge is -2.32. The fourth-order valence-electron chi connectivity index (χ4n) is 3.76. The van der Waals surface area contributed by atoms with Gasteiger partial charge in [-0.25, -0.2) is 15.0 Å². The molecule has 4 rings (SSSR count). The average Bonchev–Trinajstić information content (AvgIpc) is 3.09. The Bertz CT molecular complexity index is 1070. The summed E-state index contributed by atoms with van der Waals surface area (Å²) in [6.07, 6.45) is 5.52. The normalized spacial score (nSPS) is 16.6. The third-order valence-electron chi connectivity index (χ3n) is 5.49. The van der Waals surface area contributed by atoms with E-state index >= 15 is 0 Å². The maximum Gasteiger partial charge on any atom is 0.246 e. The van der Waals surface area contributed by atoms with E-state index in [1.807, 2.05) is 61.2 Å². The van der Waals surface area contributed by atoms with E-state index in [0.717, 1.165) is 53.1 Å². The molecule has 0 bridgehead atoms. The van der Waals surface area contributed by atoms with E-state index in [1.54, 1.807) is 17.4 Å². The molecular formula is C24H27N5OS. The second-order valence-corrected chi connectivity index (χ2v) is 9.08. The van der Waals surface area contributed by atoms with Crippen molar-refractivity contribution >= 4 is 34.3 Å². The van der Waals surface area contributed by atoms with E-state index in [-0.39, 0.29) is 11.8 Å². The summed E-state index contributed by atoms with van der Waals surface area (Å²) < 4.78 is 0. The predicted octanol–water partition coefficient (Wildman–Crippen LogP) is 5.02. The number of carbonyl (C=O) groups is 1. The van der Waals surface area contributed by atoms with Crippen LogP contribution in [0.4, 0.5) is 10.9 Å². The summed E-state index contributed by atoms with van der Waals surface area (Å²) >= 11 is 1.62. The van der Waals surface area contributed by atoms with Crippen LogP contribution in [0.1, 0.15) is 46.4 Å². The molecule has 1 N–H and O–H groups in total. The maximum atomic E-state index is 12.7. The molecule has 1 aliphatic heterocycles. The number of thiazole rings is 1. The van der Waals surface area contributed by atoms with Crippen molar-refractivity contribution in [3.05, 3.63) is 70.1 Å². The van der Waals surface area contributed by atoms with Crippen molar-refractivity contribution in [3.8, 4) is 0 Å². The number of likely N-dealkylation sites (tertiary alicyclic amines) is 1. The molecular weight excluding hydrogens is 406 g/mol. The number of nitrogens with one attached hydrogen (secondary N) is 1. The fraction of sp³-hybridized carbons (Fsp3) is 0.333. The molecule has 1 amide bonds. The summed E-state index contributed by atoms with van der Waals surface area (Å²) in [5.74, 6) is 1.72. The number of aryl methyl sites for hydroxylation is 3. The molecule has 6 nitrogen and oxygen atoms in total. The number of piperidine rings is 1. The lowest BCUT2D eigenvalue weighted by atomic mass is 9.94. The molecule has 1 atom stereocenters. The Morgan fingerprint density at radius 2 is 1.97 bits per heavy atom. The van der Waals surface area contributed by atoms with Crippen LogP contribution in [0.25, 0.3) is 6.08 Å². The van der Waals surface area contributed by atoms with E-state index in [4.69, 9.17) is 0 Å². The largest absolute Gasteiger partial charge is 0.338 e. The highest BCUT2D eigenvalue weighted by Gasteiger charge is 2.25. The minimum absolute atomic E-state index is 0.0476. The summed E-state index contributed by atoms with van der Waals surface area (Å²) in [5, 5.41) is 4.16. The van der Waals surface area contributed by atoms with Gasteiger partial charge in [0.15, 0.2) is 5.13 Å². The van der Waals surface area contributed by atoms with Crippen LogP contribution in [0.15, 0.2) is 42.5 Å². The van der Waals surface area contributed by atoms with Crippen LogP contribution in [-0.4, -0.2) is 38.8 Å². The molecule has 2 aromatic heterocycles. The first-order valence-electron chi connectivity index (χ1n) is 10.6. The highest BCUT2D eigenvalue weighted by Crippen LogP contribution is 2.29. The van der Waals surface area contributed by atoms with Gasteiger partial charge < -0.3 is 10.2 Å². The van der Waals surface area contributed by atoms with Crippen LogP contribution in [0.2, 0.25) is 0 Å². The first-order chi connectivity index (χ1) is 15.0. The van der Waals surface area contributed by atoms with Gasteiger partial charge in [-0.2, -0.15) is 0 Å². The summed E-state index contributed by atoms with van der Waals surface area (Å²) in [7, 11) is 0. The number of amides is 1. The molecule has 1 aromatic carbocycles. The zero-order valence-corrected chi connectivity index (χ0v) is 18.9. The molecule has 0 aliphatic carbocycles. The van der Waals surface area contributed by atoms with E-state index in [0.29, 0.717) is 6.54 Å². The first-order valence-corrected chi connectivity index (χ1v) is 11.4. The predicted molar refractivity (Wildman–Crippen MR) is 126 cm³/mol. The van der Waals surface area contributed by atoms with Crippen molar-refractivity contribution in [2.45, 2.75) is 39.5 Å². The lowest BCUT2D eigenvalue weighted by Crippen LogP contribution is -2.38. The number of nitrogens with zero attached hydrogens (tertiary/aromatic N) is 4. The van der Waals surface area contributed by atoms with Crippen molar-refractivity contribution in [3.63, 3.8) is 0 Å². The van der Waals surface area contributed by atoms with Crippen molar-refractivity contribution in [1.29, 1.82) is 0 Å². The Labute approximate surface area is 187 Å². The van der Waals surface area contributed by atoms with Gasteiger partial charge in [0.25, 0.3) is 0 Å². The number of hydrogen-bond acceptors (Lipinski definition) is 6. The smallest absolute Gasteiger partial charge is 0.246 e. The minimum atomic E-state index is 0.0476. The molecule has 1 fully saturated rings. The molecule has 160 valence electrons. The highest BCUT2D eigenvalue weighted by molar-refractivity contribution is 7.15. The van der Waals surface area contributed by atoms with Crippen LogP contribution < -0.4 is 5.32 Å². The van der Waals surface area contributed by atoms with Gasteiger partial charge >= 0.3 is 0 Å². The summed E-state index contributed by atoms with van der Waals surface area (Å²) in [6.45, 7) is 7.42. The van der Waals surface area contributed by atoms with Crippen molar-refractivity contribution in [1.82, 2.24) is 19.9 Å². The van der Waals surface area contributed by atoms with Gasteiger partial charge in [-0.15, -0.1) is 11.3 Å². The zero-order chi connectivity index (χ0) is 21.8. The monoisotopic (exact) mass is 433 g/mol. The van der Waals surface area contributed by atoms with E-state index in [9.17, 15) is 4.79 Å². The summed E-state index contributed by atoms with van der Waals surface area (Å²) in [4.78, 5) is 29.6. The van der Waals surface area contributed by atoms with Crippen LogP contribution in [0, 0.1) is 20.8 Å². The molecule has 31 heavy (non-hydrogen) atoms. The molecule has 0 spiro atoms. The number of rotatable bonds is 5. The standard InChI is InChI=1S/C24H27N5OS/c1-16-17(2)31-24(25-16)28-22-14-21(26-18(3)27-22)20-10-7-13-29(15-20)23(30)12-11-19-8-5-4-6-9-19/h4-6,8-9,11-12,14,20H,7,10,13,15H2,1-3H3,(H,25,26,27,28)/b12-11+/t20-/m1/s1. The van der Waals surface area contributed by atoms with Gasteiger partial charge in [-0.3, -0.25) is 4.79 Å². The Hall–Kier alpha value is -3.06. The number of anilines is 2. The van der Waals surface area contributed by atoms with Crippen molar-refractivity contribution < 1.29 is 4.79 Å². The number of carbonyl (C=O) groups excluding carboxylic acids is 1. The summed E-state index contributed by atoms with van der Waals surface area (Å²) in [6, 6.07) is 11.9. The molecule has 0 saturated carbocycles. The van der Waals surface area contributed by atoms with E-state index in [2.05, 4.69) is 27.2 Å². The van der Waals surface area contributed by atoms with E-state index in [1.165, 1.54) is 4.88 Å². The van der Waals surface area contributed by atoms with Gasteiger partial charge in [0.1, 0.15) is 11.6 Å². The van der Waals surface area contributed by atoms with Crippen molar-refractivity contribution in [2.75, 3.05) is 18.4 Å². The molecule has 7 heteroatoms. The van der Waals surface area contributed by atoms with Gasteiger partial charge in [-0.1, -0.05) is 30.3 Å². The third-order valence-corrected chi connectivity index (χ3v) is 6.48. The second-order valence-electron chi connectivity index (χ2n) is 7.88.